The molecule has 1 aliphatic rings. The van der Waals surface area contributed by atoms with Crippen LogP contribution in [0.25, 0.3) is 0 Å². The molecule has 0 heterocycles. The van der Waals surface area contributed by atoms with E-state index in [4.69, 9.17) is 9.84 Å². The van der Waals surface area contributed by atoms with Crippen LogP contribution in [0.2, 0.25) is 0 Å². The molecule has 0 aromatic heterocycles. The molecule has 1 aromatic rings. The summed E-state index contributed by atoms with van der Waals surface area (Å²) in [5.41, 5.74) is 0.584. The minimum Gasteiger partial charge on any atom is -0.484 e. The van der Waals surface area contributed by atoms with Crippen molar-refractivity contribution in [1.82, 2.24) is 0 Å². The Morgan fingerprint density at radius 1 is 1.39 bits per heavy atom. The van der Waals surface area contributed by atoms with Crippen LogP contribution in [0.3, 0.4) is 0 Å². The molecular weight excluding hydrogens is 249 g/mol. The highest BCUT2D eigenvalue weighted by Crippen LogP contribution is 2.44. The van der Waals surface area contributed by atoms with Crippen molar-refractivity contribution in [2.45, 2.75) is 24.9 Å². The zero-order valence-corrected chi connectivity index (χ0v) is 9.33. The van der Waals surface area contributed by atoms with Gasteiger partial charge in [0.15, 0.2) is 6.61 Å². The van der Waals surface area contributed by atoms with Gasteiger partial charge >= 0.3 is 12.1 Å². The van der Waals surface area contributed by atoms with Gasteiger partial charge in [0.1, 0.15) is 5.75 Å². The normalized spacial score (nSPS) is 15.5. The maximum absolute atomic E-state index is 12.1. The zero-order chi connectivity index (χ0) is 13.3. The Balaban J connectivity index is 2.23. The summed E-state index contributed by atoms with van der Waals surface area (Å²) in [4.78, 5) is 10.8. The molecule has 0 atom stereocenters. The van der Waals surface area contributed by atoms with Gasteiger partial charge in [-0.25, -0.2) is 4.79 Å². The minimum atomic E-state index is -4.43. The van der Waals surface area contributed by atoms with E-state index in [1.165, 1.54) is 12.1 Å². The van der Waals surface area contributed by atoms with Crippen molar-refractivity contribution >= 4 is 5.97 Å². The van der Waals surface area contributed by atoms with Crippen molar-refractivity contribution in [3.8, 4) is 5.75 Å². The second-order valence-corrected chi connectivity index (χ2v) is 4.24. The fourth-order valence-electron chi connectivity index (χ4n) is 1.68. The summed E-state index contributed by atoms with van der Waals surface area (Å²) < 4.78 is 41.0. The van der Waals surface area contributed by atoms with E-state index in [0.717, 1.165) is 18.9 Å². The Labute approximate surface area is 101 Å². The molecule has 18 heavy (non-hydrogen) atoms. The molecule has 0 bridgehead atoms. The molecule has 2 rings (SSSR count). The number of aromatic carboxylic acids is 1. The average Bonchev–Trinajstić information content (AvgIpc) is 3.08. The molecule has 98 valence electrons. The summed E-state index contributed by atoms with van der Waals surface area (Å²) in [6.07, 6.45) is -2.64. The van der Waals surface area contributed by atoms with Gasteiger partial charge in [0.05, 0.1) is 5.56 Å². The molecule has 3 nitrogen and oxygen atoms in total. The first-order valence-electron chi connectivity index (χ1n) is 5.43. The van der Waals surface area contributed by atoms with E-state index in [1.54, 1.807) is 0 Å². The number of halogens is 3. The zero-order valence-electron chi connectivity index (χ0n) is 9.33. The van der Waals surface area contributed by atoms with Crippen LogP contribution < -0.4 is 4.74 Å². The number of alkyl halides is 3. The number of carboxylic acids is 1. The molecule has 1 aromatic carbocycles. The lowest BCUT2D eigenvalue weighted by molar-refractivity contribution is -0.153. The van der Waals surface area contributed by atoms with E-state index >= 15 is 0 Å². The van der Waals surface area contributed by atoms with Gasteiger partial charge in [-0.2, -0.15) is 13.2 Å². The first-order valence-corrected chi connectivity index (χ1v) is 5.43. The van der Waals surface area contributed by atoms with E-state index in [2.05, 4.69) is 0 Å². The Hall–Kier alpha value is -1.72. The van der Waals surface area contributed by atoms with Gasteiger partial charge < -0.3 is 9.84 Å². The van der Waals surface area contributed by atoms with Crippen LogP contribution in [0.4, 0.5) is 13.2 Å². The number of carbonyl (C=O) groups is 1. The van der Waals surface area contributed by atoms with Gasteiger partial charge in [-0.1, -0.05) is 6.07 Å². The minimum absolute atomic E-state index is 0.0229. The molecule has 1 fully saturated rings. The number of carboxylic acid groups (broad SMARTS) is 1. The monoisotopic (exact) mass is 260 g/mol. The SMILES string of the molecule is O=C(O)c1ccc(C2CC2)c(OCC(F)(F)F)c1. The lowest BCUT2D eigenvalue weighted by Crippen LogP contribution is -2.20. The molecule has 0 amide bonds. The molecular formula is C12H11F3O3. The van der Waals surface area contributed by atoms with Crippen LogP contribution in [-0.4, -0.2) is 23.9 Å². The molecule has 1 saturated carbocycles. The average molecular weight is 260 g/mol. The Morgan fingerprint density at radius 3 is 2.56 bits per heavy atom. The second kappa shape index (κ2) is 4.51. The van der Waals surface area contributed by atoms with E-state index in [1.807, 2.05) is 0 Å². The largest absolute Gasteiger partial charge is 0.484 e. The van der Waals surface area contributed by atoms with E-state index in [-0.39, 0.29) is 17.2 Å². The lowest BCUT2D eigenvalue weighted by Gasteiger charge is -2.13. The van der Waals surface area contributed by atoms with Gasteiger partial charge in [0.2, 0.25) is 0 Å². The van der Waals surface area contributed by atoms with Crippen molar-refractivity contribution < 1.29 is 27.8 Å². The third kappa shape index (κ3) is 3.15. The molecule has 0 radical (unpaired) electrons. The standard InChI is InChI=1S/C12H11F3O3/c13-12(14,15)6-18-10-5-8(11(16)17)3-4-9(10)7-1-2-7/h3-5,7H,1-2,6H2,(H,16,17). The summed E-state index contributed by atoms with van der Waals surface area (Å²) in [6.45, 7) is -1.41. The summed E-state index contributed by atoms with van der Waals surface area (Å²) in [5, 5.41) is 8.80. The number of hydrogen-bond acceptors (Lipinski definition) is 2. The van der Waals surface area contributed by atoms with Crippen LogP contribution in [0, 0.1) is 0 Å². The lowest BCUT2D eigenvalue weighted by atomic mass is 10.1. The molecule has 0 aliphatic heterocycles. The molecule has 6 heteroatoms. The topological polar surface area (TPSA) is 46.5 Å². The third-order valence-corrected chi connectivity index (χ3v) is 2.67. The van der Waals surface area contributed by atoms with Crippen molar-refractivity contribution in [3.63, 3.8) is 0 Å². The summed E-state index contributed by atoms with van der Waals surface area (Å²) in [7, 11) is 0. The summed E-state index contributed by atoms with van der Waals surface area (Å²) >= 11 is 0. The Kier molecular flexibility index (Phi) is 3.19. The predicted octanol–water partition coefficient (Wildman–Crippen LogP) is 3.20. The fraction of sp³-hybridized carbons (Fsp3) is 0.417. The molecule has 0 unspecified atom stereocenters. The highest BCUT2D eigenvalue weighted by Gasteiger charge is 2.31. The number of benzene rings is 1. The number of ether oxygens (including phenoxy) is 1. The number of rotatable bonds is 4. The van der Waals surface area contributed by atoms with E-state index in [0.29, 0.717) is 5.56 Å². The maximum Gasteiger partial charge on any atom is 0.422 e. The highest BCUT2D eigenvalue weighted by atomic mass is 19.4. The quantitative estimate of drug-likeness (QED) is 0.904. The van der Waals surface area contributed by atoms with Crippen LogP contribution in [-0.2, 0) is 0 Å². The number of hydrogen-bond donors (Lipinski definition) is 1. The smallest absolute Gasteiger partial charge is 0.422 e. The highest BCUT2D eigenvalue weighted by molar-refractivity contribution is 5.88. The Morgan fingerprint density at radius 2 is 2.06 bits per heavy atom. The van der Waals surface area contributed by atoms with Crippen molar-refractivity contribution in [2.24, 2.45) is 0 Å². The summed E-state index contributed by atoms with van der Waals surface area (Å²) in [6, 6.07) is 4.07. The van der Waals surface area contributed by atoms with E-state index in [9.17, 15) is 18.0 Å². The third-order valence-electron chi connectivity index (χ3n) is 2.67. The van der Waals surface area contributed by atoms with Crippen LogP contribution >= 0.6 is 0 Å². The maximum atomic E-state index is 12.1. The fourth-order valence-corrected chi connectivity index (χ4v) is 1.68. The molecule has 0 spiro atoms. The van der Waals surface area contributed by atoms with Crippen molar-refractivity contribution in [2.75, 3.05) is 6.61 Å². The molecule has 0 saturated heterocycles. The predicted molar refractivity (Wildman–Crippen MR) is 56.9 cm³/mol. The van der Waals surface area contributed by atoms with Crippen molar-refractivity contribution in [3.05, 3.63) is 29.3 Å². The summed E-state index contributed by atoms with van der Waals surface area (Å²) in [5.74, 6) is -0.972. The molecule has 1 aliphatic carbocycles. The van der Waals surface area contributed by atoms with Gasteiger partial charge in [-0.05, 0) is 36.5 Å². The second-order valence-electron chi connectivity index (χ2n) is 4.24. The first-order chi connectivity index (χ1) is 8.37. The van der Waals surface area contributed by atoms with Gasteiger partial charge in [0, 0.05) is 0 Å². The van der Waals surface area contributed by atoms with Gasteiger partial charge in [-0.15, -0.1) is 0 Å². The van der Waals surface area contributed by atoms with Gasteiger partial charge in [0.25, 0.3) is 0 Å². The van der Waals surface area contributed by atoms with Crippen molar-refractivity contribution in [1.29, 1.82) is 0 Å². The van der Waals surface area contributed by atoms with Gasteiger partial charge in [-0.3, -0.25) is 0 Å². The van der Waals surface area contributed by atoms with Crippen LogP contribution in [0.15, 0.2) is 18.2 Å². The Bertz CT molecular complexity index is 464. The first kappa shape index (κ1) is 12.7. The van der Waals surface area contributed by atoms with E-state index < -0.39 is 18.8 Å². The molecule has 1 N–H and O–H groups in total. The van der Waals surface area contributed by atoms with Crippen LogP contribution in [0.1, 0.15) is 34.7 Å². The van der Waals surface area contributed by atoms with Crippen LogP contribution in [0.5, 0.6) is 5.75 Å².